The fraction of sp³-hybridized carbons (Fsp3) is 0. The van der Waals surface area contributed by atoms with E-state index in [1.165, 1.54) is 263 Å². The fourth-order valence-electron chi connectivity index (χ4n) is 22.8. The largest absolute Gasteiger partial charge is 0.309 e. The van der Waals surface area contributed by atoms with Gasteiger partial charge in [-0.2, -0.15) is 0 Å². The third-order valence-electron chi connectivity index (χ3n) is 29.3. The Kier molecular flexibility index (Phi) is 18.6. The van der Waals surface area contributed by atoms with E-state index in [-0.39, 0.29) is 0 Å². The van der Waals surface area contributed by atoms with Gasteiger partial charge in [-0.25, -0.2) is 0 Å². The minimum absolute atomic E-state index is 1.18. The number of benzene rings is 24. The van der Waals surface area contributed by atoms with E-state index < -0.39 is 0 Å². The van der Waals surface area contributed by atoms with Gasteiger partial charge in [-0.3, -0.25) is 0 Å². The zero-order chi connectivity index (χ0) is 92.0. The predicted octanol–water partition coefficient (Wildman–Crippen LogP) is 36.1. The molecule has 652 valence electrons. The maximum absolute atomic E-state index is 2.45. The van der Waals surface area contributed by atoms with E-state index in [0.29, 0.717) is 0 Å². The third kappa shape index (κ3) is 13.0. The van der Waals surface area contributed by atoms with Crippen molar-refractivity contribution in [2.45, 2.75) is 0 Å². The summed E-state index contributed by atoms with van der Waals surface area (Å²) in [6.45, 7) is 0. The second kappa shape index (κ2) is 32.6. The smallest absolute Gasteiger partial charge is 0.0541 e. The van der Waals surface area contributed by atoms with Crippen LogP contribution in [0.2, 0.25) is 0 Å². The molecule has 0 amide bonds. The highest BCUT2D eigenvalue weighted by molar-refractivity contribution is 6.19. The molecule has 0 N–H and O–H groups in total. The Balaban J connectivity index is 0.000000103. The van der Waals surface area contributed by atoms with E-state index in [1.807, 2.05) is 0 Å². The zero-order valence-electron chi connectivity index (χ0n) is 76.3. The SMILES string of the molecule is c1ccc(-c2ccc(-n3c4ccccc4c4cc(-c5ccc6c(c5)c5ccccc5n6-c5ccccc5)ccc43)c3ccccc23)cc1.c1ccc2cc(-n3c4ccccc4c4cc(-c5ccc6c(c5)c5ccccc5n6-c5ccc6ccccc6c5)ccc43)ccc2c1.c1ccc2cc(-n3c4ccccc4c4cc(-c5ccc6c(c5)c5ccccc5n6-c5cccc6ccccc56)ccc43)ccc2c1. The van der Waals surface area contributed by atoms with Gasteiger partial charge in [0.15, 0.2) is 0 Å². The van der Waals surface area contributed by atoms with Crippen LogP contribution in [0.3, 0.4) is 0 Å². The molecule has 30 aromatic rings. The average molecular weight is 1780 g/mol. The van der Waals surface area contributed by atoms with Crippen LogP contribution in [-0.4, -0.2) is 27.4 Å². The molecule has 0 spiro atoms. The highest BCUT2D eigenvalue weighted by Crippen LogP contribution is 2.47. The number of para-hydroxylation sites is 7. The van der Waals surface area contributed by atoms with E-state index in [1.54, 1.807) is 0 Å². The Morgan fingerprint density at radius 1 is 0.100 bits per heavy atom. The Hall–Kier alpha value is -18.6. The Bertz CT molecular complexity index is 10100. The first-order valence-corrected chi connectivity index (χ1v) is 48.2. The number of rotatable bonds is 10. The summed E-state index contributed by atoms with van der Waals surface area (Å²) in [5, 5.41) is 27.7. The van der Waals surface area contributed by atoms with Crippen molar-refractivity contribution in [2.24, 2.45) is 0 Å². The molecule has 0 aliphatic heterocycles. The molecule has 140 heavy (non-hydrogen) atoms. The van der Waals surface area contributed by atoms with Crippen LogP contribution in [0.5, 0.6) is 0 Å². The second-order valence-electron chi connectivity index (χ2n) is 37.0. The fourth-order valence-corrected chi connectivity index (χ4v) is 22.8. The zero-order valence-corrected chi connectivity index (χ0v) is 76.3. The molecule has 0 unspecified atom stereocenters. The van der Waals surface area contributed by atoms with E-state index in [4.69, 9.17) is 0 Å². The van der Waals surface area contributed by atoms with Gasteiger partial charge in [0, 0.05) is 98.2 Å². The molecule has 0 fully saturated rings. The molecule has 6 nitrogen and oxygen atoms in total. The van der Waals surface area contributed by atoms with Gasteiger partial charge in [0.25, 0.3) is 0 Å². The molecule has 0 bridgehead atoms. The summed E-state index contributed by atoms with van der Waals surface area (Å²) in [6.07, 6.45) is 0. The molecule has 0 aliphatic rings. The normalized spacial score (nSPS) is 11.9. The minimum atomic E-state index is 1.18. The first kappa shape index (κ1) is 79.9. The summed E-state index contributed by atoms with van der Waals surface area (Å²) in [5.41, 5.74) is 31.5. The molecular weight excluding hydrogens is 1690 g/mol. The van der Waals surface area contributed by atoms with Gasteiger partial charge in [-0.1, -0.05) is 352 Å². The molecule has 0 saturated carbocycles. The summed E-state index contributed by atoms with van der Waals surface area (Å²) in [5.74, 6) is 0. The average Bonchev–Trinajstić information content (AvgIpc) is 1.55. The van der Waals surface area contributed by atoms with Crippen molar-refractivity contribution in [2.75, 3.05) is 0 Å². The molecule has 0 aliphatic carbocycles. The number of aromatic nitrogens is 6. The third-order valence-corrected chi connectivity index (χ3v) is 29.3. The lowest BCUT2D eigenvalue weighted by atomic mass is 9.97. The van der Waals surface area contributed by atoms with E-state index in [9.17, 15) is 0 Å². The Morgan fingerprint density at radius 2 is 0.343 bits per heavy atom. The van der Waals surface area contributed by atoms with Gasteiger partial charge in [-0.15, -0.1) is 0 Å². The Labute approximate surface area is 806 Å². The van der Waals surface area contributed by atoms with E-state index >= 15 is 0 Å². The molecule has 24 aromatic carbocycles. The lowest BCUT2D eigenvalue weighted by molar-refractivity contribution is 1.18. The highest BCUT2D eigenvalue weighted by atomic mass is 15.0. The highest BCUT2D eigenvalue weighted by Gasteiger charge is 2.24. The molecule has 0 saturated heterocycles. The predicted molar refractivity (Wildman–Crippen MR) is 595 cm³/mol. The summed E-state index contributed by atoms with van der Waals surface area (Å²) in [6, 6.07) is 190. The summed E-state index contributed by atoms with van der Waals surface area (Å²) in [7, 11) is 0. The van der Waals surface area contributed by atoms with Crippen molar-refractivity contribution in [1.29, 1.82) is 0 Å². The standard InChI is InChI=1S/C46H30N2.2C44H28N2/c1-3-13-31(14-4-1)35-25-28-44(37-18-8-7-17-36(35)37)48-43-22-12-10-20-39(43)41-30-33(24-27-46(41)48)32-23-26-45-40(29-32)38-19-9-11-21-42(38)47(45)34-15-5-2-6-16-34;1-3-11-31-25-35(21-17-29(31)9-1)45-41-15-7-5-13-37(41)39-27-33(19-23-43(39)45)34-20-24-44-40(28-34)38-14-6-8-16-42(38)46(44)36-22-18-30-10-2-4-12-32(30)26-36;1-2-12-31-26-34(23-20-29(31)10-1)45-41-17-7-5-15-36(41)38-27-32(21-24-43(38)45)33-22-25-44-39(28-33)37-16-6-8-18-42(37)46(44)40-19-9-13-30-11-3-4-14-35(30)40/h1-30H;2*1-28H. The van der Waals surface area contributed by atoms with Gasteiger partial charge in [0.1, 0.15) is 0 Å². The van der Waals surface area contributed by atoms with Gasteiger partial charge in [-0.05, 0) is 257 Å². The number of hydrogen-bond donors (Lipinski definition) is 0. The Morgan fingerprint density at radius 3 is 0.693 bits per heavy atom. The van der Waals surface area contributed by atoms with Crippen LogP contribution in [0.4, 0.5) is 0 Å². The first-order chi connectivity index (χ1) is 69.4. The van der Waals surface area contributed by atoms with E-state index in [0.717, 1.165) is 0 Å². The van der Waals surface area contributed by atoms with Crippen LogP contribution in [-0.2, 0) is 0 Å². The molecule has 6 aromatic heterocycles. The maximum atomic E-state index is 2.45. The van der Waals surface area contributed by atoms with Gasteiger partial charge >= 0.3 is 0 Å². The molecule has 0 atom stereocenters. The monoisotopic (exact) mass is 1780 g/mol. The topological polar surface area (TPSA) is 29.6 Å². The van der Waals surface area contributed by atoms with Gasteiger partial charge < -0.3 is 27.4 Å². The van der Waals surface area contributed by atoms with Crippen molar-refractivity contribution in [3.63, 3.8) is 0 Å². The summed E-state index contributed by atoms with van der Waals surface area (Å²) < 4.78 is 14.5. The van der Waals surface area contributed by atoms with Crippen LogP contribution in [0.15, 0.2) is 522 Å². The van der Waals surface area contributed by atoms with Crippen molar-refractivity contribution in [3.8, 4) is 78.6 Å². The van der Waals surface area contributed by atoms with Crippen molar-refractivity contribution >= 4 is 185 Å². The number of nitrogens with zero attached hydrogens (tertiary/aromatic N) is 6. The van der Waals surface area contributed by atoms with Gasteiger partial charge in [0.05, 0.1) is 77.6 Å². The minimum Gasteiger partial charge on any atom is -0.309 e. The lowest BCUT2D eigenvalue weighted by Gasteiger charge is -2.15. The van der Waals surface area contributed by atoms with Crippen LogP contribution >= 0.6 is 0 Å². The number of fused-ring (bicyclic) bond motifs is 23. The molecular formula is C134H86N6. The number of hydrogen-bond acceptors (Lipinski definition) is 0. The first-order valence-electron chi connectivity index (χ1n) is 48.2. The second-order valence-corrected chi connectivity index (χ2v) is 37.0. The molecule has 6 heterocycles. The van der Waals surface area contributed by atoms with Crippen molar-refractivity contribution < 1.29 is 0 Å². The van der Waals surface area contributed by atoms with Crippen LogP contribution in [0.1, 0.15) is 0 Å². The summed E-state index contributed by atoms with van der Waals surface area (Å²) >= 11 is 0. The molecule has 6 heteroatoms. The lowest BCUT2D eigenvalue weighted by Crippen LogP contribution is -1.96. The molecule has 30 rings (SSSR count). The van der Waals surface area contributed by atoms with Crippen LogP contribution in [0.25, 0.3) is 263 Å². The maximum Gasteiger partial charge on any atom is 0.0541 e. The van der Waals surface area contributed by atoms with Crippen LogP contribution < -0.4 is 0 Å². The van der Waals surface area contributed by atoms with Crippen LogP contribution in [0, 0.1) is 0 Å². The van der Waals surface area contributed by atoms with Gasteiger partial charge in [0.2, 0.25) is 0 Å². The van der Waals surface area contributed by atoms with E-state index in [2.05, 4.69) is 549 Å². The quantitative estimate of drug-likeness (QED) is 0.131. The van der Waals surface area contributed by atoms with Crippen molar-refractivity contribution in [1.82, 2.24) is 27.4 Å². The van der Waals surface area contributed by atoms with Crippen molar-refractivity contribution in [3.05, 3.63) is 522 Å². The molecule has 0 radical (unpaired) electrons. The summed E-state index contributed by atoms with van der Waals surface area (Å²) in [4.78, 5) is 0.